The maximum absolute atomic E-state index is 12.8. The standard InChI is InChI=1S/C18H21N3O3/c1-18-8-4-5-11(9-19-18)21(10-18)16-14(17(23)24)15(22)12-6-2-3-7-13(12)20-16/h2-3,6-7,11,14,19H,4-5,8-10H2,1H3,(H,23,24). The average Bonchev–Trinajstić information content (AvgIpc) is 2.84. The van der Waals surface area contributed by atoms with Gasteiger partial charge in [-0.2, -0.15) is 0 Å². The van der Waals surface area contributed by atoms with E-state index < -0.39 is 11.9 Å². The molecular formula is C18H21N3O3. The molecule has 3 unspecified atom stereocenters. The second-order valence-electron chi connectivity index (χ2n) is 7.24. The van der Waals surface area contributed by atoms with E-state index in [4.69, 9.17) is 0 Å². The number of carboxylic acid groups (broad SMARTS) is 1. The van der Waals surface area contributed by atoms with Gasteiger partial charge in [-0.25, -0.2) is 4.99 Å². The van der Waals surface area contributed by atoms with Gasteiger partial charge in [0, 0.05) is 30.2 Å². The molecule has 5 rings (SSSR count). The Balaban J connectivity index is 1.81. The molecule has 3 atom stereocenters. The van der Waals surface area contributed by atoms with Gasteiger partial charge in [0.05, 0.1) is 5.69 Å². The number of nitrogens with one attached hydrogen (secondary N) is 1. The van der Waals surface area contributed by atoms with E-state index >= 15 is 0 Å². The van der Waals surface area contributed by atoms with Crippen LogP contribution >= 0.6 is 0 Å². The number of nitrogens with zero attached hydrogens (tertiary/aromatic N) is 2. The highest BCUT2D eigenvalue weighted by atomic mass is 16.4. The van der Waals surface area contributed by atoms with Crippen molar-refractivity contribution in [2.45, 2.75) is 37.8 Å². The Morgan fingerprint density at radius 1 is 1.42 bits per heavy atom. The van der Waals surface area contributed by atoms with Crippen molar-refractivity contribution in [3.8, 4) is 0 Å². The number of benzene rings is 1. The molecule has 2 bridgehead atoms. The molecule has 0 amide bonds. The first-order valence-corrected chi connectivity index (χ1v) is 8.45. The van der Waals surface area contributed by atoms with E-state index in [0.29, 0.717) is 23.6 Å². The van der Waals surface area contributed by atoms with Crippen LogP contribution in [0.3, 0.4) is 0 Å². The molecule has 6 heteroatoms. The zero-order valence-corrected chi connectivity index (χ0v) is 13.7. The second kappa shape index (κ2) is 5.41. The summed E-state index contributed by atoms with van der Waals surface area (Å²) in [4.78, 5) is 31.3. The molecule has 3 saturated heterocycles. The van der Waals surface area contributed by atoms with Crippen LogP contribution < -0.4 is 5.32 Å². The second-order valence-corrected chi connectivity index (χ2v) is 7.24. The van der Waals surface area contributed by atoms with Crippen LogP contribution in [0.5, 0.6) is 0 Å². The number of ketones is 1. The van der Waals surface area contributed by atoms with E-state index in [1.165, 1.54) is 0 Å². The van der Waals surface area contributed by atoms with Gasteiger partial charge < -0.3 is 15.3 Å². The number of fused-ring (bicyclic) bond motifs is 5. The molecule has 0 aliphatic carbocycles. The number of carbonyl (C=O) groups excluding carboxylic acids is 1. The minimum atomic E-state index is -1.21. The van der Waals surface area contributed by atoms with Crippen LogP contribution in [0.1, 0.15) is 36.5 Å². The van der Waals surface area contributed by atoms with Gasteiger partial charge in [-0.1, -0.05) is 12.1 Å². The molecule has 1 aromatic rings. The molecule has 0 saturated carbocycles. The van der Waals surface area contributed by atoms with Crippen LogP contribution in [0.4, 0.5) is 5.69 Å². The highest BCUT2D eigenvalue weighted by Gasteiger charge is 2.46. The number of Topliss-reactive ketones (excluding diaryl/α,β-unsaturated/α-hetero) is 1. The lowest BCUT2D eigenvalue weighted by Crippen LogP contribution is -2.64. The number of aliphatic imine (C=N–C) groups is 1. The molecule has 4 aliphatic heterocycles. The number of hydrogen-bond donors (Lipinski definition) is 2. The largest absolute Gasteiger partial charge is 0.480 e. The fourth-order valence-corrected chi connectivity index (χ4v) is 4.15. The zero-order chi connectivity index (χ0) is 16.9. The summed E-state index contributed by atoms with van der Waals surface area (Å²) in [5.74, 6) is -2.28. The smallest absolute Gasteiger partial charge is 0.322 e. The minimum Gasteiger partial charge on any atom is -0.480 e. The lowest BCUT2D eigenvalue weighted by molar-refractivity contribution is -0.138. The van der Waals surface area contributed by atoms with Crippen LogP contribution in [-0.2, 0) is 4.79 Å². The summed E-state index contributed by atoms with van der Waals surface area (Å²) >= 11 is 0. The van der Waals surface area contributed by atoms with Gasteiger partial charge in [0.1, 0.15) is 5.84 Å². The van der Waals surface area contributed by atoms with E-state index in [-0.39, 0.29) is 17.4 Å². The number of carboxylic acids is 1. The van der Waals surface area contributed by atoms with Crippen molar-refractivity contribution in [2.75, 3.05) is 13.1 Å². The fraction of sp³-hybridized carbons (Fsp3) is 0.500. The normalized spacial score (nSPS) is 32.1. The van der Waals surface area contributed by atoms with Crippen molar-refractivity contribution < 1.29 is 14.7 Å². The highest BCUT2D eigenvalue weighted by Crippen LogP contribution is 2.35. The summed E-state index contributed by atoms with van der Waals surface area (Å²) in [6.07, 6.45) is 3.14. The van der Waals surface area contributed by atoms with Crippen molar-refractivity contribution in [3.63, 3.8) is 0 Å². The molecule has 1 aromatic carbocycles. The van der Waals surface area contributed by atoms with Gasteiger partial charge in [0.2, 0.25) is 0 Å². The van der Waals surface area contributed by atoms with Crippen LogP contribution in [0.25, 0.3) is 0 Å². The van der Waals surface area contributed by atoms with Crippen LogP contribution in [0.2, 0.25) is 0 Å². The van der Waals surface area contributed by atoms with E-state index in [0.717, 1.165) is 25.8 Å². The molecule has 0 aromatic heterocycles. The maximum atomic E-state index is 12.8. The molecule has 0 radical (unpaired) electrons. The van der Waals surface area contributed by atoms with Gasteiger partial charge in [-0.15, -0.1) is 0 Å². The first kappa shape index (κ1) is 15.3. The molecule has 0 spiro atoms. The number of amidine groups is 1. The minimum absolute atomic E-state index is 0.0570. The predicted octanol–water partition coefficient (Wildman–Crippen LogP) is 1.83. The summed E-state index contributed by atoms with van der Waals surface area (Å²) < 4.78 is 0. The van der Waals surface area contributed by atoms with E-state index in [9.17, 15) is 14.7 Å². The number of para-hydroxylation sites is 1. The van der Waals surface area contributed by atoms with E-state index in [2.05, 4.69) is 22.1 Å². The highest BCUT2D eigenvalue weighted by molar-refractivity contribution is 6.26. The van der Waals surface area contributed by atoms with Gasteiger partial charge >= 0.3 is 5.97 Å². The third-order valence-corrected chi connectivity index (χ3v) is 5.46. The van der Waals surface area contributed by atoms with Gasteiger partial charge in [0.15, 0.2) is 11.7 Å². The number of carbonyl (C=O) groups is 2. The molecule has 126 valence electrons. The maximum Gasteiger partial charge on any atom is 0.322 e. The Morgan fingerprint density at radius 2 is 2.21 bits per heavy atom. The SMILES string of the molecule is CC12CCCC(CN1)N(C1=Nc3ccccc3C(=O)C1C(=O)O)C2. The van der Waals surface area contributed by atoms with E-state index in [1.807, 2.05) is 6.07 Å². The van der Waals surface area contributed by atoms with Crippen molar-refractivity contribution in [3.05, 3.63) is 29.8 Å². The van der Waals surface area contributed by atoms with Gasteiger partial charge in [0.25, 0.3) is 0 Å². The topological polar surface area (TPSA) is 82.0 Å². The lowest BCUT2D eigenvalue weighted by Gasteiger charge is -2.46. The molecule has 4 heterocycles. The Morgan fingerprint density at radius 3 is 3.00 bits per heavy atom. The summed E-state index contributed by atoms with van der Waals surface area (Å²) in [6.45, 7) is 3.66. The Hall–Kier alpha value is -2.21. The Bertz CT molecular complexity index is 741. The number of hydrogen-bond acceptors (Lipinski definition) is 5. The van der Waals surface area contributed by atoms with Gasteiger partial charge in [-0.05, 0) is 38.3 Å². The molecule has 3 fully saturated rings. The third-order valence-electron chi connectivity index (χ3n) is 5.46. The molecule has 4 aliphatic rings. The van der Waals surface area contributed by atoms with Gasteiger partial charge in [-0.3, -0.25) is 9.59 Å². The lowest BCUT2D eigenvalue weighted by atomic mass is 9.89. The number of rotatable bonds is 1. The van der Waals surface area contributed by atoms with Crippen molar-refractivity contribution in [1.29, 1.82) is 0 Å². The summed E-state index contributed by atoms with van der Waals surface area (Å²) in [5, 5.41) is 13.3. The summed E-state index contributed by atoms with van der Waals surface area (Å²) in [7, 11) is 0. The molecule has 24 heavy (non-hydrogen) atoms. The summed E-state index contributed by atoms with van der Waals surface area (Å²) in [5.41, 5.74) is 0.921. The van der Waals surface area contributed by atoms with Crippen molar-refractivity contribution in [1.82, 2.24) is 10.2 Å². The fourth-order valence-electron chi connectivity index (χ4n) is 4.15. The first-order chi connectivity index (χ1) is 11.5. The quantitative estimate of drug-likeness (QED) is 0.769. The van der Waals surface area contributed by atoms with Crippen LogP contribution in [0.15, 0.2) is 29.3 Å². The predicted molar refractivity (Wildman–Crippen MR) is 89.7 cm³/mol. The Labute approximate surface area is 140 Å². The van der Waals surface area contributed by atoms with Crippen LogP contribution in [0, 0.1) is 5.92 Å². The molecular weight excluding hydrogens is 306 g/mol. The first-order valence-electron chi connectivity index (χ1n) is 8.45. The van der Waals surface area contributed by atoms with E-state index in [1.54, 1.807) is 18.2 Å². The molecule has 6 nitrogen and oxygen atoms in total. The monoisotopic (exact) mass is 327 g/mol. The number of piperazine rings is 1. The summed E-state index contributed by atoms with van der Waals surface area (Å²) in [6, 6.07) is 7.20. The van der Waals surface area contributed by atoms with Crippen molar-refractivity contribution in [2.24, 2.45) is 10.9 Å². The Kier molecular flexibility index (Phi) is 3.46. The van der Waals surface area contributed by atoms with Crippen molar-refractivity contribution >= 4 is 23.3 Å². The molecule has 2 N–H and O–H groups in total. The third kappa shape index (κ3) is 2.33. The number of aliphatic carboxylic acids is 1. The average molecular weight is 327 g/mol. The zero-order valence-electron chi connectivity index (χ0n) is 13.7. The van der Waals surface area contributed by atoms with Crippen LogP contribution in [-0.4, -0.2) is 52.3 Å².